The summed E-state index contributed by atoms with van der Waals surface area (Å²) in [5.74, 6) is 1.12. The molecule has 0 saturated carbocycles. The Morgan fingerprint density at radius 2 is 1.66 bits per heavy atom. The van der Waals surface area contributed by atoms with Crippen molar-refractivity contribution in [1.29, 1.82) is 0 Å². The minimum Gasteiger partial charge on any atom is -0.339 e. The predicted octanol–water partition coefficient (Wildman–Crippen LogP) is 4.22. The smallest absolute Gasteiger partial charge is 0.255 e. The maximum Gasteiger partial charge on any atom is 0.255 e. The topological polar surface area (TPSA) is 40.6 Å². The van der Waals surface area contributed by atoms with Crippen molar-refractivity contribution in [3.05, 3.63) is 77.4 Å². The molecule has 0 unspecified atom stereocenters. The number of nitrogens with zero attached hydrogens (tertiary/aromatic N) is 2. The van der Waals surface area contributed by atoms with Gasteiger partial charge in [0.1, 0.15) is 0 Å². The van der Waals surface area contributed by atoms with Gasteiger partial charge in [0.05, 0.1) is 4.87 Å². The highest BCUT2D eigenvalue weighted by Gasteiger charge is 2.47. The fraction of sp³-hybridized carbons (Fsp3) is 0.333. The third-order valence-corrected chi connectivity index (χ3v) is 7.43. The van der Waals surface area contributed by atoms with E-state index >= 15 is 0 Å². The summed E-state index contributed by atoms with van der Waals surface area (Å²) in [5.41, 5.74) is 2.83. The highest BCUT2D eigenvalue weighted by Crippen LogP contribution is 2.44. The lowest BCUT2D eigenvalue weighted by Gasteiger charge is -2.44. The van der Waals surface area contributed by atoms with E-state index in [0.717, 1.165) is 41.8 Å². The molecular formula is C24H26N2O2S. The summed E-state index contributed by atoms with van der Waals surface area (Å²) in [7, 11) is 0. The largest absolute Gasteiger partial charge is 0.339 e. The van der Waals surface area contributed by atoms with Crippen molar-refractivity contribution in [2.75, 3.05) is 25.4 Å². The Bertz CT molecular complexity index is 917. The van der Waals surface area contributed by atoms with Crippen LogP contribution in [0, 0.1) is 6.92 Å². The Labute approximate surface area is 176 Å². The molecule has 2 aromatic rings. The van der Waals surface area contributed by atoms with E-state index in [1.807, 2.05) is 84.3 Å². The summed E-state index contributed by atoms with van der Waals surface area (Å²) in [5, 5.41) is 0. The van der Waals surface area contributed by atoms with Crippen LogP contribution < -0.4 is 0 Å². The molecule has 1 spiro atoms. The lowest BCUT2D eigenvalue weighted by molar-refractivity contribution is -0.127. The lowest BCUT2D eigenvalue weighted by atomic mass is 9.99. The maximum atomic E-state index is 13.2. The molecule has 2 amide bonds. The van der Waals surface area contributed by atoms with E-state index in [-0.39, 0.29) is 16.7 Å². The third kappa shape index (κ3) is 4.10. The Kier molecular flexibility index (Phi) is 5.76. The van der Waals surface area contributed by atoms with E-state index in [9.17, 15) is 9.59 Å². The van der Waals surface area contributed by atoms with Crippen LogP contribution in [0.4, 0.5) is 0 Å². The Hall–Kier alpha value is -2.53. The van der Waals surface area contributed by atoms with Gasteiger partial charge in [0.15, 0.2) is 0 Å². The fourth-order valence-electron chi connectivity index (χ4n) is 4.18. The first-order chi connectivity index (χ1) is 14.1. The van der Waals surface area contributed by atoms with Gasteiger partial charge in [-0.1, -0.05) is 48.5 Å². The van der Waals surface area contributed by atoms with Gasteiger partial charge in [0, 0.05) is 37.0 Å². The summed E-state index contributed by atoms with van der Waals surface area (Å²) in [4.78, 5) is 29.6. The van der Waals surface area contributed by atoms with Crippen molar-refractivity contribution in [3.63, 3.8) is 0 Å². The Balaban J connectivity index is 1.42. The van der Waals surface area contributed by atoms with E-state index in [2.05, 4.69) is 4.90 Å². The third-order valence-electron chi connectivity index (χ3n) is 5.87. The van der Waals surface area contributed by atoms with Crippen molar-refractivity contribution < 1.29 is 9.59 Å². The number of hydrogen-bond acceptors (Lipinski definition) is 3. The number of rotatable bonds is 3. The average Bonchev–Trinajstić information content (AvgIpc) is 3.16. The number of carbonyl (C=O) groups excluding carboxylic acids is 2. The van der Waals surface area contributed by atoms with Crippen molar-refractivity contribution >= 4 is 29.7 Å². The van der Waals surface area contributed by atoms with Gasteiger partial charge in [-0.3, -0.25) is 9.59 Å². The second kappa shape index (κ2) is 8.46. The second-order valence-corrected chi connectivity index (χ2v) is 9.09. The van der Waals surface area contributed by atoms with Gasteiger partial charge in [-0.05, 0) is 43.0 Å². The van der Waals surface area contributed by atoms with Crippen LogP contribution in [0.1, 0.15) is 34.3 Å². The van der Waals surface area contributed by atoms with E-state index in [0.29, 0.717) is 13.1 Å². The number of carbonyl (C=O) groups is 2. The summed E-state index contributed by atoms with van der Waals surface area (Å²) in [6.07, 6.45) is 5.16. The highest BCUT2D eigenvalue weighted by atomic mass is 32.2. The standard InChI is InChI=1S/C24H26N2O2S/c1-19-7-5-6-10-21(19)23(28)26-17-18-29-24(26)13-15-25(16-14-24)22(27)12-11-20-8-3-2-4-9-20/h2-12H,13-18H2,1H3. The molecule has 5 heteroatoms. The number of benzene rings is 2. The van der Waals surface area contributed by atoms with Crippen LogP contribution in [0.5, 0.6) is 0 Å². The second-order valence-electron chi connectivity index (χ2n) is 7.64. The van der Waals surface area contributed by atoms with Crippen molar-refractivity contribution in [2.24, 2.45) is 0 Å². The first-order valence-corrected chi connectivity index (χ1v) is 11.1. The van der Waals surface area contributed by atoms with Gasteiger partial charge in [-0.15, -0.1) is 11.8 Å². The molecule has 4 rings (SSSR count). The van der Waals surface area contributed by atoms with Crippen LogP contribution in [-0.2, 0) is 4.79 Å². The van der Waals surface area contributed by atoms with Crippen molar-refractivity contribution in [1.82, 2.24) is 9.80 Å². The van der Waals surface area contributed by atoms with Crippen LogP contribution in [0.25, 0.3) is 6.08 Å². The van der Waals surface area contributed by atoms with Gasteiger partial charge >= 0.3 is 0 Å². The highest BCUT2D eigenvalue weighted by molar-refractivity contribution is 8.00. The summed E-state index contributed by atoms with van der Waals surface area (Å²) >= 11 is 1.88. The monoisotopic (exact) mass is 406 g/mol. The quantitative estimate of drug-likeness (QED) is 0.717. The van der Waals surface area contributed by atoms with Crippen molar-refractivity contribution in [2.45, 2.75) is 24.6 Å². The van der Waals surface area contributed by atoms with Gasteiger partial charge in [0.2, 0.25) is 5.91 Å². The molecule has 0 N–H and O–H groups in total. The van der Waals surface area contributed by atoms with Gasteiger partial charge in [-0.25, -0.2) is 0 Å². The maximum absolute atomic E-state index is 13.2. The minimum atomic E-state index is -0.181. The number of aryl methyl sites for hydroxylation is 1. The number of amides is 2. The SMILES string of the molecule is Cc1ccccc1C(=O)N1CCSC12CCN(C(=O)C=Cc1ccccc1)CC2. The zero-order chi connectivity index (χ0) is 20.3. The fourth-order valence-corrected chi connectivity index (χ4v) is 5.64. The molecule has 0 bridgehead atoms. The average molecular weight is 407 g/mol. The predicted molar refractivity (Wildman–Crippen MR) is 119 cm³/mol. The van der Waals surface area contributed by atoms with Crippen LogP contribution in [0.15, 0.2) is 60.7 Å². The minimum absolute atomic E-state index is 0.0449. The molecule has 0 aliphatic carbocycles. The zero-order valence-electron chi connectivity index (χ0n) is 16.7. The van der Waals surface area contributed by atoms with Crippen LogP contribution in [0.3, 0.4) is 0 Å². The number of likely N-dealkylation sites (tertiary alicyclic amines) is 1. The number of thioether (sulfide) groups is 1. The van der Waals surface area contributed by atoms with Gasteiger partial charge in [-0.2, -0.15) is 0 Å². The molecule has 2 aliphatic rings. The van der Waals surface area contributed by atoms with Crippen LogP contribution in [-0.4, -0.2) is 51.9 Å². The molecule has 0 aromatic heterocycles. The molecule has 0 atom stereocenters. The van der Waals surface area contributed by atoms with Crippen LogP contribution in [0.2, 0.25) is 0 Å². The van der Waals surface area contributed by atoms with Crippen molar-refractivity contribution in [3.8, 4) is 0 Å². The zero-order valence-corrected chi connectivity index (χ0v) is 17.5. The molecule has 29 heavy (non-hydrogen) atoms. The molecule has 2 aliphatic heterocycles. The molecule has 2 heterocycles. The van der Waals surface area contributed by atoms with Gasteiger partial charge < -0.3 is 9.80 Å². The van der Waals surface area contributed by atoms with Gasteiger partial charge in [0.25, 0.3) is 5.91 Å². The molecule has 2 fully saturated rings. The van der Waals surface area contributed by atoms with E-state index in [4.69, 9.17) is 0 Å². The first kappa shape index (κ1) is 19.8. The number of hydrogen-bond donors (Lipinski definition) is 0. The summed E-state index contributed by atoms with van der Waals surface area (Å²) in [6.45, 7) is 4.13. The molecule has 2 saturated heterocycles. The Morgan fingerprint density at radius 3 is 2.38 bits per heavy atom. The van der Waals surface area contributed by atoms with Crippen LogP contribution >= 0.6 is 11.8 Å². The van der Waals surface area contributed by atoms with E-state index in [1.54, 1.807) is 6.08 Å². The Morgan fingerprint density at radius 1 is 0.966 bits per heavy atom. The lowest BCUT2D eigenvalue weighted by Crippen LogP contribution is -2.53. The number of piperidine rings is 1. The first-order valence-electron chi connectivity index (χ1n) is 10.1. The molecule has 0 radical (unpaired) electrons. The molecule has 150 valence electrons. The normalized spacial score (nSPS) is 18.5. The summed E-state index contributed by atoms with van der Waals surface area (Å²) < 4.78 is 0. The van der Waals surface area contributed by atoms with E-state index in [1.165, 1.54) is 0 Å². The van der Waals surface area contributed by atoms with E-state index < -0.39 is 0 Å². The molecule has 4 nitrogen and oxygen atoms in total. The molecule has 2 aromatic carbocycles. The summed E-state index contributed by atoms with van der Waals surface area (Å²) in [6, 6.07) is 17.7. The molecular weight excluding hydrogens is 380 g/mol.